The largest absolute Gasteiger partial charge is 0.332 e. The van der Waals surface area contributed by atoms with Crippen LogP contribution in [0.2, 0.25) is 0 Å². The Bertz CT molecular complexity index is 513. The number of rotatable bonds is 3. The third kappa shape index (κ3) is 2.13. The van der Waals surface area contributed by atoms with Gasteiger partial charge < -0.3 is 9.84 Å². The van der Waals surface area contributed by atoms with Crippen LogP contribution in [0.5, 0.6) is 0 Å². The number of nitrogens with one attached hydrogen (secondary N) is 1. The van der Waals surface area contributed by atoms with Gasteiger partial charge in [-0.05, 0) is 19.4 Å². The number of piperidine rings is 1. The second kappa shape index (κ2) is 4.85. The van der Waals surface area contributed by atoms with E-state index in [0.29, 0.717) is 23.5 Å². The van der Waals surface area contributed by atoms with Gasteiger partial charge >= 0.3 is 0 Å². The molecule has 1 fully saturated rings. The van der Waals surface area contributed by atoms with E-state index in [1.54, 1.807) is 0 Å². The summed E-state index contributed by atoms with van der Waals surface area (Å²) >= 11 is 0. The summed E-state index contributed by atoms with van der Waals surface area (Å²) in [5.41, 5.74) is 0.646. The van der Waals surface area contributed by atoms with E-state index in [-0.39, 0.29) is 0 Å². The van der Waals surface area contributed by atoms with Crippen molar-refractivity contribution in [3.05, 3.63) is 12.0 Å². The lowest BCUT2D eigenvalue weighted by Gasteiger charge is -2.22. The molecule has 7 nitrogen and oxygen atoms in total. The predicted molar refractivity (Wildman–Crippen MR) is 63.8 cm³/mol. The van der Waals surface area contributed by atoms with Crippen LogP contribution in [0.1, 0.15) is 31.6 Å². The molecule has 0 spiro atoms. The zero-order valence-corrected chi connectivity index (χ0v) is 10.3. The van der Waals surface area contributed by atoms with E-state index in [2.05, 4.69) is 25.8 Å². The Hall–Kier alpha value is -1.76. The van der Waals surface area contributed by atoms with Crippen molar-refractivity contribution >= 4 is 0 Å². The first-order valence-electron chi connectivity index (χ1n) is 6.32. The summed E-state index contributed by atoms with van der Waals surface area (Å²) in [6, 6.07) is 0.369. The van der Waals surface area contributed by atoms with Gasteiger partial charge in [0.25, 0.3) is 5.89 Å². The molecule has 18 heavy (non-hydrogen) atoms. The number of aromatic nitrogens is 5. The smallest absolute Gasteiger partial charge is 0.280 e. The summed E-state index contributed by atoms with van der Waals surface area (Å²) in [4.78, 5) is 4.25. The highest BCUT2D eigenvalue weighted by Gasteiger charge is 2.18. The normalized spacial score (nSPS) is 20.2. The quantitative estimate of drug-likeness (QED) is 0.865. The molecule has 1 aliphatic rings. The Morgan fingerprint density at radius 1 is 1.56 bits per heavy atom. The Balaban J connectivity index is 1.79. The van der Waals surface area contributed by atoms with E-state index in [4.69, 9.17) is 4.52 Å². The summed E-state index contributed by atoms with van der Waals surface area (Å²) in [7, 11) is 0. The van der Waals surface area contributed by atoms with Crippen molar-refractivity contribution in [2.45, 2.75) is 32.2 Å². The van der Waals surface area contributed by atoms with Crippen molar-refractivity contribution in [3.63, 3.8) is 0 Å². The number of aryl methyl sites for hydroxylation is 1. The van der Waals surface area contributed by atoms with Gasteiger partial charge in [0.2, 0.25) is 0 Å². The Labute approximate surface area is 105 Å². The van der Waals surface area contributed by atoms with Crippen LogP contribution in [0.3, 0.4) is 0 Å². The molecule has 96 valence electrons. The second-order valence-electron chi connectivity index (χ2n) is 4.45. The van der Waals surface area contributed by atoms with Crippen LogP contribution in [-0.2, 0) is 6.42 Å². The van der Waals surface area contributed by atoms with Crippen molar-refractivity contribution in [3.8, 4) is 11.6 Å². The Morgan fingerprint density at radius 3 is 3.22 bits per heavy atom. The van der Waals surface area contributed by atoms with Crippen LogP contribution in [-0.4, -0.2) is 38.2 Å². The molecule has 0 amide bonds. The summed E-state index contributed by atoms with van der Waals surface area (Å²) in [6.45, 7) is 4.01. The second-order valence-corrected chi connectivity index (χ2v) is 4.45. The van der Waals surface area contributed by atoms with Gasteiger partial charge in [0.05, 0.1) is 12.2 Å². The maximum atomic E-state index is 5.15. The van der Waals surface area contributed by atoms with Gasteiger partial charge in [0.15, 0.2) is 11.5 Å². The summed E-state index contributed by atoms with van der Waals surface area (Å²) in [5.74, 6) is 1.14. The van der Waals surface area contributed by atoms with Crippen molar-refractivity contribution < 1.29 is 4.52 Å². The van der Waals surface area contributed by atoms with Crippen molar-refractivity contribution in [1.82, 2.24) is 30.5 Å². The van der Waals surface area contributed by atoms with Crippen molar-refractivity contribution in [2.75, 3.05) is 13.1 Å². The topological polar surface area (TPSA) is 81.7 Å². The molecule has 1 saturated heterocycles. The van der Waals surface area contributed by atoms with Gasteiger partial charge in [-0.2, -0.15) is 4.98 Å². The molecule has 2 aromatic heterocycles. The van der Waals surface area contributed by atoms with Crippen LogP contribution in [0, 0.1) is 0 Å². The van der Waals surface area contributed by atoms with Crippen LogP contribution >= 0.6 is 0 Å². The molecule has 0 aromatic carbocycles. The summed E-state index contributed by atoms with van der Waals surface area (Å²) in [5, 5.41) is 15.5. The van der Waals surface area contributed by atoms with Gasteiger partial charge in [0, 0.05) is 13.0 Å². The van der Waals surface area contributed by atoms with E-state index < -0.39 is 0 Å². The first kappa shape index (κ1) is 11.3. The third-order valence-electron chi connectivity index (χ3n) is 3.16. The lowest BCUT2D eigenvalue weighted by atomic mass is 10.1. The molecule has 1 aliphatic heterocycles. The molecule has 0 bridgehead atoms. The van der Waals surface area contributed by atoms with Crippen LogP contribution < -0.4 is 5.32 Å². The van der Waals surface area contributed by atoms with Crippen LogP contribution in [0.15, 0.2) is 10.7 Å². The van der Waals surface area contributed by atoms with Gasteiger partial charge in [-0.15, -0.1) is 5.10 Å². The maximum absolute atomic E-state index is 5.15. The highest BCUT2D eigenvalue weighted by atomic mass is 16.5. The average molecular weight is 248 g/mol. The minimum atomic E-state index is 0.369. The number of nitrogens with zero attached hydrogens (tertiary/aromatic N) is 5. The monoisotopic (exact) mass is 248 g/mol. The molecular formula is C11H16N6O. The lowest BCUT2D eigenvalue weighted by Crippen LogP contribution is -2.31. The summed E-state index contributed by atoms with van der Waals surface area (Å²) in [6.07, 6.45) is 4.93. The Morgan fingerprint density at radius 2 is 2.50 bits per heavy atom. The molecule has 3 rings (SSSR count). The van der Waals surface area contributed by atoms with Gasteiger partial charge in [-0.1, -0.05) is 17.3 Å². The third-order valence-corrected chi connectivity index (χ3v) is 3.16. The van der Waals surface area contributed by atoms with E-state index in [1.165, 1.54) is 6.42 Å². The van der Waals surface area contributed by atoms with E-state index >= 15 is 0 Å². The zero-order valence-electron chi connectivity index (χ0n) is 10.3. The molecule has 0 radical (unpaired) electrons. The molecule has 1 N–H and O–H groups in total. The van der Waals surface area contributed by atoms with Gasteiger partial charge in [-0.25, -0.2) is 4.68 Å². The van der Waals surface area contributed by atoms with Crippen LogP contribution in [0.4, 0.5) is 0 Å². The minimum Gasteiger partial charge on any atom is -0.332 e. The SMILES string of the molecule is CCc1noc(-c2cn([C@@H]3CCCNC3)nn2)n1. The van der Waals surface area contributed by atoms with E-state index in [0.717, 1.165) is 25.9 Å². The fourth-order valence-corrected chi connectivity index (χ4v) is 2.11. The fourth-order valence-electron chi connectivity index (χ4n) is 2.11. The highest BCUT2D eigenvalue weighted by Crippen LogP contribution is 2.19. The Kier molecular flexibility index (Phi) is 3.06. The molecule has 2 aromatic rings. The summed E-state index contributed by atoms with van der Waals surface area (Å²) < 4.78 is 7.04. The first-order valence-corrected chi connectivity index (χ1v) is 6.32. The standard InChI is InChI=1S/C11H16N6O/c1-2-10-13-11(18-15-10)9-7-17(16-14-9)8-4-3-5-12-6-8/h7-8,12H,2-6H2,1H3/t8-/m1/s1. The maximum Gasteiger partial charge on any atom is 0.280 e. The first-order chi connectivity index (χ1) is 8.86. The molecule has 3 heterocycles. The molecule has 0 saturated carbocycles. The van der Waals surface area contributed by atoms with Gasteiger partial charge in [-0.3, -0.25) is 0 Å². The van der Waals surface area contributed by atoms with Gasteiger partial charge in [0.1, 0.15) is 0 Å². The number of hydrogen-bond acceptors (Lipinski definition) is 6. The highest BCUT2D eigenvalue weighted by molar-refractivity contribution is 5.43. The predicted octanol–water partition coefficient (Wildman–Crippen LogP) is 0.815. The molecule has 0 unspecified atom stereocenters. The van der Waals surface area contributed by atoms with E-state index in [1.807, 2.05) is 17.8 Å². The fraction of sp³-hybridized carbons (Fsp3) is 0.636. The van der Waals surface area contributed by atoms with Crippen molar-refractivity contribution in [2.24, 2.45) is 0 Å². The average Bonchev–Trinajstić information content (AvgIpc) is 3.08. The number of hydrogen-bond donors (Lipinski definition) is 1. The zero-order chi connectivity index (χ0) is 12.4. The molecular weight excluding hydrogens is 232 g/mol. The van der Waals surface area contributed by atoms with Crippen LogP contribution in [0.25, 0.3) is 11.6 Å². The molecule has 0 aliphatic carbocycles. The molecule has 7 heteroatoms. The lowest BCUT2D eigenvalue weighted by molar-refractivity contribution is 0.341. The minimum absolute atomic E-state index is 0.369. The van der Waals surface area contributed by atoms with Crippen molar-refractivity contribution in [1.29, 1.82) is 0 Å². The van der Waals surface area contributed by atoms with E-state index in [9.17, 15) is 0 Å². The molecule has 1 atom stereocenters.